The summed E-state index contributed by atoms with van der Waals surface area (Å²) >= 11 is 0. The summed E-state index contributed by atoms with van der Waals surface area (Å²) in [6.45, 7) is 0.453. The fraction of sp³-hybridized carbons (Fsp3) is 0.800. The van der Waals surface area contributed by atoms with Gasteiger partial charge in [0, 0.05) is 23.1 Å². The number of carbonyl (C=O) groups is 1. The number of carboxylic acid groups (broad SMARTS) is 1. The molecule has 0 saturated heterocycles. The van der Waals surface area contributed by atoms with E-state index in [0.717, 1.165) is 0 Å². The molecule has 0 aliphatic rings. The van der Waals surface area contributed by atoms with Crippen molar-refractivity contribution in [3.05, 3.63) is 0 Å². The van der Waals surface area contributed by atoms with Gasteiger partial charge < -0.3 is 16.6 Å². The van der Waals surface area contributed by atoms with Crippen molar-refractivity contribution in [3.63, 3.8) is 0 Å². The van der Waals surface area contributed by atoms with Gasteiger partial charge in [-0.3, -0.25) is 4.79 Å². The fourth-order valence-corrected chi connectivity index (χ4v) is 0.540. The fourth-order valence-electron chi connectivity index (χ4n) is 0.540. The van der Waals surface area contributed by atoms with Gasteiger partial charge in [-0.1, -0.05) is 0 Å². The number of hydrogen-bond donors (Lipinski definition) is 3. The number of aliphatic carboxylic acids is 1. The molecule has 0 rings (SSSR count). The van der Waals surface area contributed by atoms with Crippen molar-refractivity contribution in [3.8, 4) is 0 Å². The first-order valence-electron chi connectivity index (χ1n) is 2.84. The van der Waals surface area contributed by atoms with Crippen LogP contribution in [0.4, 0.5) is 0 Å². The molecule has 0 aromatic heterocycles. The molecule has 0 bridgehead atoms. The van der Waals surface area contributed by atoms with E-state index in [0.29, 0.717) is 13.0 Å². The van der Waals surface area contributed by atoms with Crippen LogP contribution in [0.1, 0.15) is 12.8 Å². The molecular weight excluding hydrogens is 215 g/mol. The van der Waals surface area contributed by atoms with Crippen LogP contribution in [0.5, 0.6) is 0 Å². The van der Waals surface area contributed by atoms with Crippen LogP contribution in [0.25, 0.3) is 0 Å². The molecule has 0 saturated carbocycles. The summed E-state index contributed by atoms with van der Waals surface area (Å²) in [5.74, 6) is -0.865. The van der Waals surface area contributed by atoms with Crippen molar-refractivity contribution in [2.75, 3.05) is 6.54 Å². The minimum atomic E-state index is -0.865. The Bertz CT molecular complexity index is 104. The molecule has 0 radical (unpaired) electrons. The third-order valence-electron chi connectivity index (χ3n) is 0.974. The van der Waals surface area contributed by atoms with Crippen LogP contribution < -0.4 is 11.5 Å². The van der Waals surface area contributed by atoms with Crippen LogP contribution in [-0.2, 0) is 21.9 Å². The minimum absolute atomic E-state index is 0. The monoisotopic (exact) mass is 228 g/mol. The Morgan fingerprint density at radius 2 is 2.00 bits per heavy atom. The van der Waals surface area contributed by atoms with Crippen molar-refractivity contribution in [2.45, 2.75) is 18.9 Å². The van der Waals surface area contributed by atoms with Crippen molar-refractivity contribution in [2.24, 2.45) is 11.5 Å². The SMILES string of the molecule is NCCC(N)CC(=O)O.[Fe].[KH]. The number of nitrogens with two attached hydrogens (primary N) is 2. The van der Waals surface area contributed by atoms with Crippen LogP contribution in [0, 0.1) is 0 Å². The van der Waals surface area contributed by atoms with E-state index in [1.54, 1.807) is 0 Å². The second-order valence-electron chi connectivity index (χ2n) is 1.94. The first kappa shape index (κ1) is 18.4. The van der Waals surface area contributed by atoms with E-state index in [1.807, 2.05) is 0 Å². The van der Waals surface area contributed by atoms with Gasteiger partial charge in [-0.05, 0) is 13.0 Å². The first-order chi connectivity index (χ1) is 4.16. The molecule has 0 aliphatic carbocycles. The van der Waals surface area contributed by atoms with Gasteiger partial charge in [0.2, 0.25) is 0 Å². The number of hydrogen-bond acceptors (Lipinski definition) is 3. The van der Waals surface area contributed by atoms with E-state index in [9.17, 15) is 4.79 Å². The Morgan fingerprint density at radius 3 is 2.27 bits per heavy atom. The molecule has 0 spiro atoms. The van der Waals surface area contributed by atoms with Crippen molar-refractivity contribution < 1.29 is 27.0 Å². The Balaban J connectivity index is -0.000000320. The second kappa shape index (κ2) is 11.5. The van der Waals surface area contributed by atoms with Crippen LogP contribution >= 0.6 is 0 Å². The Kier molecular flexibility index (Phi) is 19.3. The normalized spacial score (nSPS) is 10.7. The Labute approximate surface area is 119 Å². The topological polar surface area (TPSA) is 89.3 Å². The molecule has 0 aromatic rings. The van der Waals surface area contributed by atoms with Gasteiger partial charge in [-0.25, -0.2) is 0 Å². The molecule has 4 nitrogen and oxygen atoms in total. The van der Waals surface area contributed by atoms with Crippen molar-refractivity contribution in [1.82, 2.24) is 0 Å². The zero-order chi connectivity index (χ0) is 7.28. The molecule has 0 fully saturated rings. The summed E-state index contributed by atoms with van der Waals surface area (Å²) in [5.41, 5.74) is 10.5. The number of rotatable bonds is 4. The molecular formula is C5H13FeKN2O2. The molecule has 0 aliphatic heterocycles. The predicted molar refractivity (Wildman–Crippen MR) is 41.0 cm³/mol. The molecule has 5 N–H and O–H groups in total. The van der Waals surface area contributed by atoms with Gasteiger partial charge in [0.15, 0.2) is 0 Å². The van der Waals surface area contributed by atoms with E-state index < -0.39 is 5.97 Å². The van der Waals surface area contributed by atoms with Gasteiger partial charge in [-0.2, -0.15) is 0 Å². The molecule has 11 heavy (non-hydrogen) atoms. The summed E-state index contributed by atoms with van der Waals surface area (Å²) in [6.07, 6.45) is 0.587. The zero-order valence-corrected chi connectivity index (χ0v) is 6.67. The first-order valence-corrected chi connectivity index (χ1v) is 2.84. The quantitative estimate of drug-likeness (QED) is 0.510. The Hall–Kier alpha value is 1.55. The van der Waals surface area contributed by atoms with Gasteiger partial charge in [0.05, 0.1) is 6.42 Å². The molecule has 64 valence electrons. The van der Waals surface area contributed by atoms with E-state index in [-0.39, 0.29) is 80.9 Å². The summed E-state index contributed by atoms with van der Waals surface area (Å²) in [5, 5.41) is 8.19. The van der Waals surface area contributed by atoms with E-state index in [1.165, 1.54) is 0 Å². The van der Waals surface area contributed by atoms with Gasteiger partial charge >= 0.3 is 57.4 Å². The van der Waals surface area contributed by atoms with Crippen LogP contribution in [0.15, 0.2) is 0 Å². The predicted octanol–water partition coefficient (Wildman–Crippen LogP) is -1.51. The molecule has 0 amide bonds. The zero-order valence-electron chi connectivity index (χ0n) is 5.56. The molecule has 0 heterocycles. The van der Waals surface area contributed by atoms with Crippen molar-refractivity contribution >= 4 is 57.4 Å². The average molecular weight is 228 g/mol. The van der Waals surface area contributed by atoms with Gasteiger partial charge in [0.1, 0.15) is 0 Å². The molecule has 0 aromatic carbocycles. The summed E-state index contributed by atoms with van der Waals surface area (Å²) in [7, 11) is 0. The summed E-state index contributed by atoms with van der Waals surface area (Å²) in [6, 6.07) is -0.285. The standard InChI is InChI=1S/C5H12N2O2.Fe.K.H/c6-2-1-4(7)3-5(8)9;;;/h4H,1-3,6-7H2,(H,8,9);;;. The Morgan fingerprint density at radius 1 is 1.55 bits per heavy atom. The van der Waals surface area contributed by atoms with Crippen LogP contribution in [0.2, 0.25) is 0 Å². The van der Waals surface area contributed by atoms with E-state index in [4.69, 9.17) is 16.6 Å². The van der Waals surface area contributed by atoms with E-state index in [2.05, 4.69) is 0 Å². The van der Waals surface area contributed by atoms with Crippen molar-refractivity contribution in [1.29, 1.82) is 0 Å². The average Bonchev–Trinajstić information content (AvgIpc) is 1.63. The van der Waals surface area contributed by atoms with Gasteiger partial charge in [0.25, 0.3) is 0 Å². The van der Waals surface area contributed by atoms with Gasteiger partial charge in [-0.15, -0.1) is 0 Å². The van der Waals surface area contributed by atoms with E-state index >= 15 is 0 Å². The third kappa shape index (κ3) is 14.4. The number of carboxylic acids is 1. The van der Waals surface area contributed by atoms with Crippen LogP contribution in [-0.4, -0.2) is 75.0 Å². The molecule has 6 heteroatoms. The summed E-state index contributed by atoms with van der Waals surface area (Å²) in [4.78, 5) is 9.96. The third-order valence-corrected chi connectivity index (χ3v) is 0.974. The maximum atomic E-state index is 9.96. The molecule has 1 unspecified atom stereocenters. The maximum absolute atomic E-state index is 9.96. The summed E-state index contributed by atoms with van der Waals surface area (Å²) < 4.78 is 0. The second-order valence-corrected chi connectivity index (χ2v) is 1.94. The van der Waals surface area contributed by atoms with Crippen LogP contribution in [0.3, 0.4) is 0 Å². The molecule has 1 atom stereocenters.